The number of aromatic nitrogens is 1. The minimum atomic E-state index is -1.04. The Balaban J connectivity index is 1.39. The summed E-state index contributed by atoms with van der Waals surface area (Å²) >= 11 is 0. The Kier molecular flexibility index (Phi) is 6.21. The number of aliphatic carboxylic acids is 1. The molecule has 164 valence electrons. The van der Waals surface area contributed by atoms with Crippen LogP contribution in [0.1, 0.15) is 28.4 Å². The molecule has 4 rings (SSSR count). The number of hydrogen-bond donors (Lipinski definition) is 2. The molecular formula is C24H22N2O6. The molecule has 2 N–H and O–H groups in total. The molecule has 2 heterocycles. The molecule has 0 fully saturated rings. The molecule has 0 bridgehead atoms. The molecule has 0 radical (unpaired) electrons. The van der Waals surface area contributed by atoms with Crippen molar-refractivity contribution in [3.8, 4) is 23.1 Å². The lowest BCUT2D eigenvalue weighted by molar-refractivity contribution is -0.144. The van der Waals surface area contributed by atoms with E-state index in [9.17, 15) is 9.59 Å². The van der Waals surface area contributed by atoms with Crippen LogP contribution in [-0.4, -0.2) is 34.7 Å². The monoisotopic (exact) mass is 434 g/mol. The SMILES string of the molecule is CC(Oc1ccc(CNC(=O)c2cccnc2Oc2ccc3c(c2)OCC3)cc1)C(=O)O. The summed E-state index contributed by atoms with van der Waals surface area (Å²) in [7, 11) is 0. The smallest absolute Gasteiger partial charge is 0.344 e. The topological polar surface area (TPSA) is 107 Å². The lowest BCUT2D eigenvalue weighted by atomic mass is 10.1. The summed E-state index contributed by atoms with van der Waals surface area (Å²) in [5.41, 5.74) is 2.27. The third-order valence-corrected chi connectivity index (χ3v) is 4.93. The molecule has 8 heteroatoms. The zero-order valence-electron chi connectivity index (χ0n) is 17.4. The summed E-state index contributed by atoms with van der Waals surface area (Å²) in [6.45, 7) is 2.39. The fraction of sp³-hybridized carbons (Fsp3) is 0.208. The number of nitrogens with zero attached hydrogens (tertiary/aromatic N) is 1. The van der Waals surface area contributed by atoms with E-state index in [2.05, 4.69) is 10.3 Å². The van der Waals surface area contributed by atoms with Crippen LogP contribution >= 0.6 is 0 Å². The number of carboxylic acids is 1. The Morgan fingerprint density at radius 3 is 2.72 bits per heavy atom. The van der Waals surface area contributed by atoms with Gasteiger partial charge in [0.15, 0.2) is 6.10 Å². The molecule has 0 saturated carbocycles. The second kappa shape index (κ2) is 9.38. The van der Waals surface area contributed by atoms with Gasteiger partial charge >= 0.3 is 5.97 Å². The molecule has 1 amide bonds. The van der Waals surface area contributed by atoms with Gasteiger partial charge in [-0.1, -0.05) is 18.2 Å². The molecule has 32 heavy (non-hydrogen) atoms. The van der Waals surface area contributed by atoms with Gasteiger partial charge in [-0.25, -0.2) is 9.78 Å². The lowest BCUT2D eigenvalue weighted by Crippen LogP contribution is -2.24. The number of ether oxygens (including phenoxy) is 3. The van der Waals surface area contributed by atoms with Crippen LogP contribution in [0, 0.1) is 0 Å². The zero-order valence-corrected chi connectivity index (χ0v) is 17.4. The number of carbonyl (C=O) groups excluding carboxylic acids is 1. The first kappa shape index (κ1) is 21.2. The first-order valence-electron chi connectivity index (χ1n) is 10.1. The Morgan fingerprint density at radius 2 is 1.94 bits per heavy atom. The van der Waals surface area contributed by atoms with Crippen LogP contribution in [0.4, 0.5) is 0 Å². The van der Waals surface area contributed by atoms with Crippen molar-refractivity contribution in [1.82, 2.24) is 10.3 Å². The van der Waals surface area contributed by atoms with Crippen molar-refractivity contribution in [3.63, 3.8) is 0 Å². The summed E-state index contributed by atoms with van der Waals surface area (Å²) in [5.74, 6) is 0.610. The molecule has 0 saturated heterocycles. The van der Waals surface area contributed by atoms with Gasteiger partial charge in [0.1, 0.15) is 22.8 Å². The van der Waals surface area contributed by atoms with Crippen molar-refractivity contribution >= 4 is 11.9 Å². The molecule has 3 aromatic rings. The number of nitrogens with one attached hydrogen (secondary N) is 1. The van der Waals surface area contributed by atoms with Gasteiger partial charge in [-0.05, 0) is 48.4 Å². The Bertz CT molecular complexity index is 1130. The second-order valence-corrected chi connectivity index (χ2v) is 7.25. The Labute approximate surface area is 184 Å². The molecule has 8 nitrogen and oxygen atoms in total. The van der Waals surface area contributed by atoms with Crippen LogP contribution in [0.15, 0.2) is 60.8 Å². The minimum Gasteiger partial charge on any atom is -0.493 e. The number of hydrogen-bond acceptors (Lipinski definition) is 6. The number of rotatable bonds is 8. The normalized spacial score (nSPS) is 12.9. The van der Waals surface area contributed by atoms with Gasteiger partial charge < -0.3 is 24.6 Å². The number of benzene rings is 2. The van der Waals surface area contributed by atoms with Crippen molar-refractivity contribution < 1.29 is 28.9 Å². The van der Waals surface area contributed by atoms with Gasteiger partial charge in [0.05, 0.1) is 6.61 Å². The second-order valence-electron chi connectivity index (χ2n) is 7.25. The van der Waals surface area contributed by atoms with Crippen LogP contribution in [-0.2, 0) is 17.8 Å². The van der Waals surface area contributed by atoms with E-state index in [0.717, 1.165) is 23.3 Å². The first-order chi connectivity index (χ1) is 15.5. The van der Waals surface area contributed by atoms with Crippen LogP contribution in [0.5, 0.6) is 23.1 Å². The van der Waals surface area contributed by atoms with Gasteiger partial charge in [0, 0.05) is 25.2 Å². The molecular weight excluding hydrogens is 412 g/mol. The van der Waals surface area contributed by atoms with Gasteiger partial charge in [0.25, 0.3) is 5.91 Å². The summed E-state index contributed by atoms with van der Waals surface area (Å²) in [4.78, 5) is 27.8. The predicted octanol–water partition coefficient (Wildman–Crippen LogP) is 3.59. The zero-order chi connectivity index (χ0) is 22.5. The molecule has 0 spiro atoms. The highest BCUT2D eigenvalue weighted by Crippen LogP contribution is 2.32. The fourth-order valence-corrected chi connectivity index (χ4v) is 3.18. The van der Waals surface area contributed by atoms with Gasteiger partial charge in [0.2, 0.25) is 5.88 Å². The van der Waals surface area contributed by atoms with Crippen molar-refractivity contribution in [2.75, 3.05) is 6.61 Å². The van der Waals surface area contributed by atoms with Gasteiger partial charge in [-0.15, -0.1) is 0 Å². The minimum absolute atomic E-state index is 0.203. The Hall–Kier alpha value is -4.07. The first-order valence-corrected chi connectivity index (χ1v) is 10.1. The van der Waals surface area contributed by atoms with E-state index in [4.69, 9.17) is 19.3 Å². The highest BCUT2D eigenvalue weighted by Gasteiger charge is 2.17. The van der Waals surface area contributed by atoms with Gasteiger partial charge in [-0.2, -0.15) is 0 Å². The molecule has 1 aliphatic rings. The maximum absolute atomic E-state index is 12.8. The quantitative estimate of drug-likeness (QED) is 0.558. The molecule has 2 aromatic carbocycles. The van der Waals surface area contributed by atoms with E-state index < -0.39 is 12.1 Å². The highest BCUT2D eigenvalue weighted by molar-refractivity contribution is 5.96. The molecule has 0 aliphatic carbocycles. The maximum Gasteiger partial charge on any atom is 0.344 e. The van der Waals surface area contributed by atoms with Crippen LogP contribution in [0.25, 0.3) is 0 Å². The third kappa shape index (κ3) is 4.97. The standard InChI is InChI=1S/C24H22N2O6/c1-15(24(28)29)31-18-7-4-16(5-8-18)14-26-22(27)20-3-2-11-25-23(20)32-19-9-6-17-10-12-30-21(17)13-19/h2-9,11,13,15H,10,12,14H2,1H3,(H,26,27)(H,28,29). The summed E-state index contributed by atoms with van der Waals surface area (Å²) in [6.07, 6.45) is 1.49. The van der Waals surface area contributed by atoms with Crippen LogP contribution in [0.2, 0.25) is 0 Å². The number of fused-ring (bicyclic) bond motifs is 1. The molecule has 1 aromatic heterocycles. The number of pyridine rings is 1. The van der Waals surface area contributed by atoms with Gasteiger partial charge in [-0.3, -0.25) is 4.79 Å². The average Bonchev–Trinajstić information content (AvgIpc) is 3.26. The van der Waals surface area contributed by atoms with Crippen LogP contribution in [0.3, 0.4) is 0 Å². The third-order valence-electron chi connectivity index (χ3n) is 4.93. The number of carboxylic acid groups (broad SMARTS) is 1. The summed E-state index contributed by atoms with van der Waals surface area (Å²) in [5, 5.41) is 11.8. The van der Waals surface area contributed by atoms with E-state index in [1.54, 1.807) is 48.7 Å². The van der Waals surface area contributed by atoms with Crippen molar-refractivity contribution in [3.05, 3.63) is 77.5 Å². The summed E-state index contributed by atoms with van der Waals surface area (Å²) < 4.78 is 16.7. The lowest BCUT2D eigenvalue weighted by Gasteiger charge is -2.12. The maximum atomic E-state index is 12.8. The molecule has 1 aliphatic heterocycles. The Morgan fingerprint density at radius 1 is 1.16 bits per heavy atom. The average molecular weight is 434 g/mol. The highest BCUT2D eigenvalue weighted by atomic mass is 16.5. The van der Waals surface area contributed by atoms with E-state index >= 15 is 0 Å². The van der Waals surface area contributed by atoms with Crippen LogP contribution < -0.4 is 19.5 Å². The van der Waals surface area contributed by atoms with Crippen molar-refractivity contribution in [1.29, 1.82) is 0 Å². The number of carbonyl (C=O) groups is 2. The predicted molar refractivity (Wildman–Crippen MR) is 115 cm³/mol. The van der Waals surface area contributed by atoms with Crippen molar-refractivity contribution in [2.45, 2.75) is 26.0 Å². The van der Waals surface area contributed by atoms with Crippen molar-refractivity contribution in [2.24, 2.45) is 0 Å². The van der Waals surface area contributed by atoms with E-state index in [1.165, 1.54) is 6.92 Å². The largest absolute Gasteiger partial charge is 0.493 e. The molecule has 1 unspecified atom stereocenters. The summed E-state index contributed by atoms with van der Waals surface area (Å²) in [6, 6.07) is 15.7. The van der Waals surface area contributed by atoms with E-state index in [0.29, 0.717) is 23.7 Å². The fourth-order valence-electron chi connectivity index (χ4n) is 3.18. The van der Waals surface area contributed by atoms with E-state index in [-0.39, 0.29) is 18.3 Å². The number of amides is 1. The van der Waals surface area contributed by atoms with E-state index in [1.807, 2.05) is 12.1 Å². The molecule has 1 atom stereocenters.